The third kappa shape index (κ3) is 5.63. The SMILES string of the molecule is CCN1CC(F)C(N2CCC(C(=O)N3CCC(N4CCC4)CC3)CC2)C(NC(=O)c2c(N)nn3cc(F)cnc23)C1. The van der Waals surface area contributed by atoms with Crippen LogP contribution in [0.3, 0.4) is 0 Å². The van der Waals surface area contributed by atoms with Gasteiger partial charge in [-0.05, 0) is 64.8 Å². The summed E-state index contributed by atoms with van der Waals surface area (Å²) in [6, 6.07) is -0.419. The molecule has 4 saturated heterocycles. The van der Waals surface area contributed by atoms with E-state index < -0.39 is 30.0 Å². The van der Waals surface area contributed by atoms with Crippen molar-refractivity contribution in [3.63, 3.8) is 0 Å². The van der Waals surface area contributed by atoms with Gasteiger partial charge in [0.1, 0.15) is 11.7 Å². The zero-order chi connectivity index (χ0) is 28.7. The largest absolute Gasteiger partial charge is 0.381 e. The highest BCUT2D eigenvalue weighted by atomic mass is 19.1. The molecule has 3 unspecified atom stereocenters. The molecule has 4 aliphatic heterocycles. The highest BCUT2D eigenvalue weighted by Crippen LogP contribution is 2.29. The molecule has 41 heavy (non-hydrogen) atoms. The van der Waals surface area contributed by atoms with E-state index in [9.17, 15) is 14.0 Å². The van der Waals surface area contributed by atoms with Crippen molar-refractivity contribution < 1.29 is 18.4 Å². The number of likely N-dealkylation sites (tertiary alicyclic amines) is 4. The van der Waals surface area contributed by atoms with E-state index in [0.717, 1.165) is 42.8 Å². The fourth-order valence-electron chi connectivity index (χ4n) is 7.19. The summed E-state index contributed by atoms with van der Waals surface area (Å²) in [6.07, 6.45) is 5.69. The molecular weight excluding hydrogens is 532 g/mol. The molecular formula is C28H41F2N9O2. The zero-order valence-electron chi connectivity index (χ0n) is 23.7. The maximum Gasteiger partial charge on any atom is 0.259 e. The standard InChI is InChI=1S/C28H41F2N9O2/c1-2-35-16-21(30)24(22(17-35)33-27(40)23-25(31)34-39-15-19(29)14-32-26(23)39)37-10-4-18(5-11-37)28(41)38-12-6-20(7-13-38)36-8-3-9-36/h14-15,18,20-22,24H,2-13,16-17H2,1H3,(H2,31,34)(H,33,40). The Morgan fingerprint density at radius 1 is 1.05 bits per heavy atom. The fourth-order valence-corrected chi connectivity index (χ4v) is 7.19. The predicted octanol–water partition coefficient (Wildman–Crippen LogP) is 1.000. The first-order valence-corrected chi connectivity index (χ1v) is 15.1. The molecule has 2 aromatic rings. The molecule has 0 aromatic carbocycles. The maximum atomic E-state index is 15.8. The minimum atomic E-state index is -1.17. The second-order valence-electron chi connectivity index (χ2n) is 12.0. The van der Waals surface area contributed by atoms with Crippen LogP contribution < -0.4 is 11.1 Å². The summed E-state index contributed by atoms with van der Waals surface area (Å²) in [4.78, 5) is 39.5. The number of likely N-dealkylation sites (N-methyl/N-ethyl adjacent to an activating group) is 1. The first kappa shape index (κ1) is 28.2. The molecule has 3 atom stereocenters. The summed E-state index contributed by atoms with van der Waals surface area (Å²) in [5.41, 5.74) is 6.21. The molecule has 0 bridgehead atoms. The number of alkyl halides is 1. The number of carbonyl (C=O) groups is 2. The Morgan fingerprint density at radius 3 is 2.44 bits per heavy atom. The van der Waals surface area contributed by atoms with Crippen LogP contribution in [-0.2, 0) is 4.79 Å². The molecule has 6 rings (SSSR count). The predicted molar refractivity (Wildman–Crippen MR) is 149 cm³/mol. The van der Waals surface area contributed by atoms with E-state index in [1.165, 1.54) is 19.5 Å². The summed E-state index contributed by atoms with van der Waals surface area (Å²) in [5.74, 6) is -0.981. The lowest BCUT2D eigenvalue weighted by Crippen LogP contribution is -2.66. The van der Waals surface area contributed by atoms with Crippen LogP contribution in [0.5, 0.6) is 0 Å². The van der Waals surface area contributed by atoms with Crippen molar-refractivity contribution in [3.8, 4) is 0 Å². The number of piperidine rings is 3. The molecule has 0 spiro atoms. The molecule has 0 saturated carbocycles. The molecule has 4 aliphatic rings. The van der Waals surface area contributed by atoms with Crippen LogP contribution in [0.4, 0.5) is 14.6 Å². The molecule has 4 fully saturated rings. The van der Waals surface area contributed by atoms with Gasteiger partial charge in [-0.15, -0.1) is 5.10 Å². The molecule has 11 nitrogen and oxygen atoms in total. The Hall–Kier alpha value is -2.90. The Balaban J connectivity index is 1.10. The van der Waals surface area contributed by atoms with Crippen LogP contribution in [-0.4, -0.2) is 129 Å². The number of nitrogens with one attached hydrogen (secondary N) is 1. The van der Waals surface area contributed by atoms with Crippen LogP contribution in [0.1, 0.15) is 49.4 Å². The van der Waals surface area contributed by atoms with Crippen molar-refractivity contribution in [1.82, 2.24) is 39.5 Å². The molecule has 224 valence electrons. The van der Waals surface area contributed by atoms with E-state index in [1.54, 1.807) is 0 Å². The highest BCUT2D eigenvalue weighted by molar-refractivity contribution is 6.04. The number of rotatable bonds is 6. The molecule has 2 aromatic heterocycles. The lowest BCUT2D eigenvalue weighted by molar-refractivity contribution is -0.139. The number of nitrogen functional groups attached to an aromatic ring is 1. The Morgan fingerprint density at radius 2 is 1.78 bits per heavy atom. The van der Waals surface area contributed by atoms with Crippen molar-refractivity contribution in [2.24, 2.45) is 5.92 Å². The zero-order valence-corrected chi connectivity index (χ0v) is 23.7. The Kier molecular flexibility index (Phi) is 8.10. The van der Waals surface area contributed by atoms with Gasteiger partial charge >= 0.3 is 0 Å². The van der Waals surface area contributed by atoms with Crippen LogP contribution >= 0.6 is 0 Å². The number of hydrogen-bond donors (Lipinski definition) is 2. The van der Waals surface area contributed by atoms with Gasteiger partial charge in [0.2, 0.25) is 5.91 Å². The van der Waals surface area contributed by atoms with Crippen LogP contribution in [0.25, 0.3) is 5.65 Å². The summed E-state index contributed by atoms with van der Waals surface area (Å²) in [6.45, 7) is 8.63. The quantitative estimate of drug-likeness (QED) is 0.526. The lowest BCUT2D eigenvalue weighted by atomic mass is 9.89. The number of aromatic nitrogens is 3. The van der Waals surface area contributed by atoms with Gasteiger partial charge in [0.15, 0.2) is 17.3 Å². The number of fused-ring (bicyclic) bond motifs is 1. The number of nitrogens with zero attached hydrogens (tertiary/aromatic N) is 7. The van der Waals surface area contributed by atoms with E-state index in [0.29, 0.717) is 45.1 Å². The van der Waals surface area contributed by atoms with Gasteiger partial charge in [-0.25, -0.2) is 18.3 Å². The number of carbonyl (C=O) groups excluding carboxylic acids is 2. The Bertz CT molecular complexity index is 1250. The summed E-state index contributed by atoms with van der Waals surface area (Å²) in [7, 11) is 0. The Labute approximate surface area is 239 Å². The van der Waals surface area contributed by atoms with E-state index in [-0.39, 0.29) is 35.4 Å². The second kappa shape index (κ2) is 11.8. The fraction of sp³-hybridized carbons (Fsp3) is 0.714. The van der Waals surface area contributed by atoms with Crippen molar-refractivity contribution in [2.75, 3.05) is 64.6 Å². The first-order chi connectivity index (χ1) is 19.8. The van der Waals surface area contributed by atoms with Crippen LogP contribution in [0.15, 0.2) is 12.4 Å². The van der Waals surface area contributed by atoms with Crippen molar-refractivity contribution in [2.45, 2.75) is 63.3 Å². The van der Waals surface area contributed by atoms with E-state index >= 15 is 4.39 Å². The third-order valence-electron chi connectivity index (χ3n) is 9.61. The molecule has 0 aliphatic carbocycles. The van der Waals surface area contributed by atoms with Crippen LogP contribution in [0.2, 0.25) is 0 Å². The van der Waals surface area contributed by atoms with Gasteiger partial charge in [0.05, 0.1) is 24.5 Å². The maximum absolute atomic E-state index is 15.8. The molecule has 13 heteroatoms. The molecule has 3 N–H and O–H groups in total. The van der Waals surface area contributed by atoms with Gasteiger partial charge < -0.3 is 20.9 Å². The van der Waals surface area contributed by atoms with Crippen LogP contribution in [0, 0.1) is 11.7 Å². The average molecular weight is 574 g/mol. The topological polar surface area (TPSA) is 115 Å². The number of halogens is 2. The van der Waals surface area contributed by atoms with Crippen molar-refractivity contribution in [3.05, 3.63) is 23.8 Å². The van der Waals surface area contributed by atoms with E-state index in [4.69, 9.17) is 5.73 Å². The van der Waals surface area contributed by atoms with Gasteiger partial charge in [-0.1, -0.05) is 6.92 Å². The monoisotopic (exact) mass is 573 g/mol. The highest BCUT2D eigenvalue weighted by Gasteiger charge is 2.43. The van der Waals surface area contributed by atoms with Gasteiger partial charge in [0, 0.05) is 38.1 Å². The summed E-state index contributed by atoms with van der Waals surface area (Å²) < 4.78 is 30.5. The summed E-state index contributed by atoms with van der Waals surface area (Å²) in [5, 5.41) is 7.04. The van der Waals surface area contributed by atoms with Gasteiger partial charge in [0.25, 0.3) is 5.91 Å². The number of hydrogen-bond acceptors (Lipinski definition) is 8. The minimum Gasteiger partial charge on any atom is -0.381 e. The molecule has 2 amide bonds. The smallest absolute Gasteiger partial charge is 0.259 e. The van der Waals surface area contributed by atoms with Gasteiger partial charge in [-0.2, -0.15) is 0 Å². The van der Waals surface area contributed by atoms with E-state index in [1.807, 2.05) is 16.7 Å². The van der Waals surface area contributed by atoms with Gasteiger partial charge in [-0.3, -0.25) is 19.4 Å². The average Bonchev–Trinajstić information content (AvgIpc) is 3.26. The number of anilines is 1. The normalized spacial score (nSPS) is 27.7. The van der Waals surface area contributed by atoms with Crippen molar-refractivity contribution in [1.29, 1.82) is 0 Å². The number of nitrogens with two attached hydrogens (primary N) is 1. The minimum absolute atomic E-state index is 0.0429. The third-order valence-corrected chi connectivity index (χ3v) is 9.61. The van der Waals surface area contributed by atoms with Crippen molar-refractivity contribution >= 4 is 23.3 Å². The molecule has 0 radical (unpaired) electrons. The second-order valence-corrected chi connectivity index (χ2v) is 12.0. The molecule has 6 heterocycles. The van der Waals surface area contributed by atoms with E-state index in [2.05, 4.69) is 25.2 Å². The number of amides is 2. The lowest BCUT2D eigenvalue weighted by Gasteiger charge is -2.48. The summed E-state index contributed by atoms with van der Waals surface area (Å²) >= 11 is 0. The first-order valence-electron chi connectivity index (χ1n) is 15.1.